The Hall–Kier alpha value is -2.00. The SMILES string of the molecule is COc1ccccc1-n1cc(CN2CCC3(CC2)OCC(F)(F)c2cc(Cl)sc23)c(C)n1. The number of methoxy groups -OCH3 is 1. The van der Waals surface area contributed by atoms with E-state index < -0.39 is 18.1 Å². The molecule has 0 amide bonds. The van der Waals surface area contributed by atoms with Crippen LogP contribution in [0, 0.1) is 6.92 Å². The van der Waals surface area contributed by atoms with E-state index in [1.54, 1.807) is 7.11 Å². The van der Waals surface area contributed by atoms with Crippen LogP contribution >= 0.6 is 22.9 Å². The Morgan fingerprint density at radius 1 is 1.25 bits per heavy atom. The lowest BCUT2D eigenvalue weighted by Gasteiger charge is -2.45. The number of aromatic nitrogens is 2. The van der Waals surface area contributed by atoms with Crippen molar-refractivity contribution in [1.82, 2.24) is 14.7 Å². The van der Waals surface area contributed by atoms with E-state index >= 15 is 0 Å². The summed E-state index contributed by atoms with van der Waals surface area (Å²) < 4.78 is 42.2. The largest absolute Gasteiger partial charge is 0.494 e. The molecule has 0 unspecified atom stereocenters. The van der Waals surface area contributed by atoms with Crippen molar-refractivity contribution in [2.75, 3.05) is 26.8 Å². The number of alkyl halides is 2. The van der Waals surface area contributed by atoms with Crippen LogP contribution in [0.5, 0.6) is 5.75 Å². The monoisotopic (exact) mass is 479 g/mol. The van der Waals surface area contributed by atoms with E-state index in [2.05, 4.69) is 10.00 Å². The van der Waals surface area contributed by atoms with Gasteiger partial charge < -0.3 is 9.47 Å². The molecule has 0 atom stereocenters. The van der Waals surface area contributed by atoms with Crippen LogP contribution in [-0.4, -0.2) is 41.5 Å². The first-order valence-corrected chi connectivity index (χ1v) is 11.7. The molecule has 2 aliphatic rings. The van der Waals surface area contributed by atoms with Gasteiger partial charge in [0.1, 0.15) is 23.6 Å². The van der Waals surface area contributed by atoms with Crippen LogP contribution in [0.3, 0.4) is 0 Å². The van der Waals surface area contributed by atoms with Gasteiger partial charge in [-0.15, -0.1) is 11.3 Å². The summed E-state index contributed by atoms with van der Waals surface area (Å²) in [6, 6.07) is 9.18. The molecule has 1 aromatic carbocycles. The van der Waals surface area contributed by atoms with Crippen LogP contribution in [0.2, 0.25) is 4.34 Å². The van der Waals surface area contributed by atoms with Crippen LogP contribution in [0.4, 0.5) is 8.78 Å². The molecule has 1 spiro atoms. The summed E-state index contributed by atoms with van der Waals surface area (Å²) in [7, 11) is 1.65. The Balaban J connectivity index is 1.32. The topological polar surface area (TPSA) is 39.5 Å². The number of thiophene rings is 1. The van der Waals surface area contributed by atoms with Crippen molar-refractivity contribution < 1.29 is 18.3 Å². The number of ether oxygens (including phenoxy) is 2. The zero-order valence-corrected chi connectivity index (χ0v) is 19.5. The second-order valence-corrected chi connectivity index (χ2v) is 10.1. The third-order valence-corrected chi connectivity index (χ3v) is 7.88. The molecule has 170 valence electrons. The Bertz CT molecular complexity index is 1140. The molecule has 2 aliphatic heterocycles. The van der Waals surface area contributed by atoms with Crippen molar-refractivity contribution in [2.24, 2.45) is 0 Å². The molecular formula is C23H24ClF2N3O2S. The predicted molar refractivity (Wildman–Crippen MR) is 120 cm³/mol. The molecule has 1 fully saturated rings. The van der Waals surface area contributed by atoms with Gasteiger partial charge in [0, 0.05) is 41.8 Å². The quantitative estimate of drug-likeness (QED) is 0.494. The van der Waals surface area contributed by atoms with Crippen molar-refractivity contribution in [3.05, 3.63) is 62.6 Å². The van der Waals surface area contributed by atoms with E-state index in [1.807, 2.05) is 42.1 Å². The molecule has 5 rings (SSSR count). The molecule has 0 aliphatic carbocycles. The number of rotatable bonds is 4. The molecule has 0 saturated carbocycles. The van der Waals surface area contributed by atoms with Gasteiger partial charge in [-0.3, -0.25) is 4.90 Å². The van der Waals surface area contributed by atoms with Gasteiger partial charge in [-0.2, -0.15) is 13.9 Å². The highest BCUT2D eigenvalue weighted by atomic mass is 35.5. The van der Waals surface area contributed by atoms with E-state index in [-0.39, 0.29) is 5.56 Å². The lowest BCUT2D eigenvalue weighted by molar-refractivity contribution is -0.182. The maximum Gasteiger partial charge on any atom is 0.297 e. The Kier molecular flexibility index (Phi) is 5.52. The van der Waals surface area contributed by atoms with Gasteiger partial charge in [-0.25, -0.2) is 4.68 Å². The minimum Gasteiger partial charge on any atom is -0.494 e. The fourth-order valence-electron chi connectivity index (χ4n) is 4.62. The van der Waals surface area contributed by atoms with Crippen LogP contribution < -0.4 is 4.74 Å². The lowest BCUT2D eigenvalue weighted by atomic mass is 9.84. The summed E-state index contributed by atoms with van der Waals surface area (Å²) in [5.41, 5.74) is 2.35. The first-order chi connectivity index (χ1) is 15.3. The second-order valence-electron chi connectivity index (χ2n) is 8.41. The van der Waals surface area contributed by atoms with Gasteiger partial charge in [-0.1, -0.05) is 23.7 Å². The van der Waals surface area contributed by atoms with Crippen molar-refractivity contribution in [3.63, 3.8) is 0 Å². The van der Waals surface area contributed by atoms with Crippen molar-refractivity contribution in [3.8, 4) is 11.4 Å². The lowest BCUT2D eigenvalue weighted by Crippen LogP contribution is -2.48. The summed E-state index contributed by atoms with van der Waals surface area (Å²) in [6.07, 6.45) is 3.35. The highest BCUT2D eigenvalue weighted by Crippen LogP contribution is 2.52. The highest BCUT2D eigenvalue weighted by molar-refractivity contribution is 7.16. The Morgan fingerprint density at radius 2 is 2.00 bits per heavy atom. The minimum absolute atomic E-state index is 0.0427. The number of benzene rings is 1. The molecule has 0 radical (unpaired) electrons. The van der Waals surface area contributed by atoms with Crippen molar-refractivity contribution in [2.45, 2.75) is 37.8 Å². The second kappa shape index (κ2) is 8.09. The zero-order valence-electron chi connectivity index (χ0n) is 17.9. The highest BCUT2D eigenvalue weighted by Gasteiger charge is 2.51. The number of halogens is 3. The summed E-state index contributed by atoms with van der Waals surface area (Å²) in [5.74, 6) is -2.22. The first kappa shape index (κ1) is 21.8. The number of likely N-dealkylation sites (tertiary alicyclic amines) is 1. The summed E-state index contributed by atoms with van der Waals surface area (Å²) in [6.45, 7) is 3.65. The molecule has 32 heavy (non-hydrogen) atoms. The number of hydrogen-bond donors (Lipinski definition) is 0. The average Bonchev–Trinajstić information content (AvgIpc) is 3.37. The molecular weight excluding hydrogens is 456 g/mol. The third-order valence-electron chi connectivity index (χ3n) is 6.43. The van der Waals surface area contributed by atoms with Crippen molar-refractivity contribution in [1.29, 1.82) is 0 Å². The molecule has 1 saturated heterocycles. The minimum atomic E-state index is -2.98. The van der Waals surface area contributed by atoms with Crippen LogP contribution in [-0.2, 0) is 22.8 Å². The molecule has 0 bridgehead atoms. The summed E-state index contributed by atoms with van der Waals surface area (Å²) in [5, 5.41) is 4.68. The smallest absolute Gasteiger partial charge is 0.297 e. The predicted octanol–water partition coefficient (Wildman–Crippen LogP) is 5.52. The molecule has 5 nitrogen and oxygen atoms in total. The average molecular weight is 480 g/mol. The number of piperidine rings is 1. The van der Waals surface area contributed by atoms with E-state index in [0.29, 0.717) is 22.1 Å². The van der Waals surface area contributed by atoms with Gasteiger partial charge in [0.2, 0.25) is 0 Å². The number of aryl methyl sites for hydroxylation is 1. The number of fused-ring (bicyclic) bond motifs is 2. The van der Waals surface area contributed by atoms with E-state index in [0.717, 1.165) is 42.3 Å². The number of nitrogens with zero attached hydrogens (tertiary/aromatic N) is 3. The van der Waals surface area contributed by atoms with Gasteiger partial charge in [0.15, 0.2) is 0 Å². The fourth-order valence-corrected chi connectivity index (χ4v) is 6.10. The number of hydrogen-bond acceptors (Lipinski definition) is 5. The van der Waals surface area contributed by atoms with Crippen molar-refractivity contribution >= 4 is 22.9 Å². The first-order valence-electron chi connectivity index (χ1n) is 10.5. The maximum atomic E-state index is 14.3. The van der Waals surface area contributed by atoms with E-state index in [1.165, 1.54) is 17.4 Å². The van der Waals surface area contributed by atoms with Gasteiger partial charge in [0.05, 0.1) is 17.1 Å². The standard InChI is InChI=1S/C23H24ClF2N3O2S/c1-15-16(13-29(27-15)18-5-3-4-6-19(18)30-2)12-28-9-7-22(8-10-28)21-17(11-20(24)32-21)23(25,26)14-31-22/h3-6,11,13H,7-10,12,14H2,1-2H3. The molecule has 2 aromatic heterocycles. The molecule has 0 N–H and O–H groups in total. The normalized spacial score (nSPS) is 19.8. The van der Waals surface area contributed by atoms with Gasteiger partial charge in [-0.05, 0) is 38.0 Å². The molecule has 9 heteroatoms. The Morgan fingerprint density at radius 3 is 2.75 bits per heavy atom. The van der Waals surface area contributed by atoms with Gasteiger partial charge >= 0.3 is 0 Å². The maximum absolute atomic E-state index is 14.3. The van der Waals surface area contributed by atoms with E-state index in [9.17, 15) is 8.78 Å². The number of para-hydroxylation sites is 2. The van der Waals surface area contributed by atoms with E-state index in [4.69, 9.17) is 21.1 Å². The van der Waals surface area contributed by atoms with Crippen LogP contribution in [0.1, 0.15) is 34.5 Å². The fraction of sp³-hybridized carbons (Fsp3) is 0.435. The summed E-state index contributed by atoms with van der Waals surface area (Å²) >= 11 is 7.34. The Labute approximate surface area is 194 Å². The van der Waals surface area contributed by atoms with Crippen LogP contribution in [0.15, 0.2) is 36.5 Å². The molecule has 4 heterocycles. The zero-order chi connectivity index (χ0) is 22.5. The molecule has 3 aromatic rings. The summed E-state index contributed by atoms with van der Waals surface area (Å²) in [4.78, 5) is 2.92. The van der Waals surface area contributed by atoms with Crippen LogP contribution in [0.25, 0.3) is 5.69 Å². The van der Waals surface area contributed by atoms with Gasteiger partial charge in [0.25, 0.3) is 5.92 Å². The third kappa shape index (κ3) is 3.73.